The maximum Gasteiger partial charge on any atom is 0.149 e. The van der Waals surface area contributed by atoms with Crippen LogP contribution in [-0.4, -0.2) is 83.0 Å². The number of thioether (sulfide) groups is 3. The molecule has 1 aromatic heterocycles. The van der Waals surface area contributed by atoms with Crippen molar-refractivity contribution in [1.29, 1.82) is 0 Å². The van der Waals surface area contributed by atoms with E-state index in [1.54, 1.807) is 67.0 Å². The zero-order valence-corrected chi connectivity index (χ0v) is 17.1. The van der Waals surface area contributed by atoms with Gasteiger partial charge in [-0.05, 0) is 0 Å². The van der Waals surface area contributed by atoms with Gasteiger partial charge in [0.1, 0.15) is 8.72 Å². The number of aliphatic hydroxyl groups is 2. The molecule has 2 rings (SSSR count). The van der Waals surface area contributed by atoms with Crippen LogP contribution >= 0.6 is 46.6 Å². The molecule has 10 heteroatoms. The summed E-state index contributed by atoms with van der Waals surface area (Å²) in [5, 5.41) is 20.5. The molecule has 0 radical (unpaired) electrons. The fourth-order valence-electron chi connectivity index (χ4n) is 1.50. The molecule has 1 aliphatic heterocycles. The fraction of sp³-hybridized carbons (Fsp3) is 0.714. The molecular weight excluding hydrogens is 388 g/mol. The van der Waals surface area contributed by atoms with E-state index in [0.29, 0.717) is 24.7 Å². The van der Waals surface area contributed by atoms with Gasteiger partial charge in [0, 0.05) is 43.1 Å². The average molecular weight is 413 g/mol. The van der Waals surface area contributed by atoms with E-state index in [1.165, 1.54) is 0 Å². The normalized spacial score (nSPS) is 16.2. The first-order valence-corrected chi connectivity index (χ1v) is 11.2. The summed E-state index contributed by atoms with van der Waals surface area (Å²) in [7, 11) is 3.17. The summed E-state index contributed by atoms with van der Waals surface area (Å²) in [6, 6.07) is 0. The van der Waals surface area contributed by atoms with Crippen molar-refractivity contribution in [3.8, 4) is 0 Å². The first-order chi connectivity index (χ1) is 11.7. The summed E-state index contributed by atoms with van der Waals surface area (Å²) in [4.78, 5) is 8.34. The van der Waals surface area contributed by atoms with Gasteiger partial charge in [-0.3, -0.25) is 4.99 Å². The van der Waals surface area contributed by atoms with E-state index in [-0.39, 0.29) is 6.10 Å². The van der Waals surface area contributed by atoms with Crippen LogP contribution in [0.4, 0.5) is 0 Å². The highest BCUT2D eigenvalue weighted by Gasteiger charge is 2.10. The Kier molecular flexibility index (Phi) is 13.3. The summed E-state index contributed by atoms with van der Waals surface area (Å²) in [5.74, 6) is 2.41. The molecule has 2 heterocycles. The maximum atomic E-state index is 9.30. The quantitative estimate of drug-likeness (QED) is 0.597. The van der Waals surface area contributed by atoms with Crippen molar-refractivity contribution in [2.45, 2.75) is 16.5 Å². The van der Waals surface area contributed by atoms with Crippen LogP contribution in [0.15, 0.2) is 20.9 Å². The molecule has 0 saturated heterocycles. The van der Waals surface area contributed by atoms with E-state index in [9.17, 15) is 10.2 Å². The van der Waals surface area contributed by atoms with E-state index in [4.69, 9.17) is 9.47 Å². The smallest absolute Gasteiger partial charge is 0.149 e. The van der Waals surface area contributed by atoms with Crippen LogP contribution in [0.2, 0.25) is 0 Å². The monoisotopic (exact) mass is 412 g/mol. The van der Waals surface area contributed by atoms with Crippen molar-refractivity contribution >= 4 is 51.0 Å². The summed E-state index contributed by atoms with van der Waals surface area (Å²) >= 11 is 6.51. The van der Waals surface area contributed by atoms with Gasteiger partial charge in [0.2, 0.25) is 0 Å². The zero-order chi connectivity index (χ0) is 17.6. The van der Waals surface area contributed by atoms with Crippen LogP contribution in [0.25, 0.3) is 0 Å². The molecule has 0 aromatic carbocycles. The molecule has 2 unspecified atom stereocenters. The highest BCUT2D eigenvalue weighted by atomic mass is 32.2. The summed E-state index contributed by atoms with van der Waals surface area (Å²) < 4.78 is 11.7. The SMILES string of the molecule is COCC(O)CSC1=NCCS1.COCC(O)CSc1nccs1. The maximum absolute atomic E-state index is 9.30. The Balaban J connectivity index is 0.000000240. The summed E-state index contributed by atoms with van der Waals surface area (Å²) in [6.45, 7) is 1.72. The van der Waals surface area contributed by atoms with E-state index in [0.717, 1.165) is 21.0 Å². The minimum atomic E-state index is -0.399. The number of ether oxygens (including phenoxy) is 2. The fourth-order valence-corrected chi connectivity index (χ4v) is 5.01. The zero-order valence-electron chi connectivity index (χ0n) is 13.8. The molecule has 1 aromatic rings. The van der Waals surface area contributed by atoms with E-state index in [1.807, 2.05) is 5.38 Å². The Labute approximate surface area is 159 Å². The number of methoxy groups -OCH3 is 2. The third-order valence-corrected chi connectivity index (χ3v) is 6.99. The van der Waals surface area contributed by atoms with Gasteiger partial charge in [-0.25, -0.2) is 4.98 Å². The Hall–Kier alpha value is 0.190. The largest absolute Gasteiger partial charge is 0.390 e. The topological polar surface area (TPSA) is 84.2 Å². The Morgan fingerprint density at radius 3 is 2.33 bits per heavy atom. The van der Waals surface area contributed by atoms with Gasteiger partial charge in [0.05, 0.1) is 32.0 Å². The minimum Gasteiger partial charge on any atom is -0.390 e. The van der Waals surface area contributed by atoms with Crippen molar-refractivity contribution in [2.75, 3.05) is 51.2 Å². The van der Waals surface area contributed by atoms with Gasteiger partial charge in [-0.1, -0.05) is 35.3 Å². The van der Waals surface area contributed by atoms with Crippen molar-refractivity contribution < 1.29 is 19.7 Å². The lowest BCUT2D eigenvalue weighted by Gasteiger charge is -2.07. The van der Waals surface area contributed by atoms with Crippen molar-refractivity contribution in [3.05, 3.63) is 11.6 Å². The van der Waals surface area contributed by atoms with Crippen molar-refractivity contribution in [1.82, 2.24) is 4.98 Å². The number of aromatic nitrogens is 1. The number of aliphatic imine (C=N–C) groups is 1. The van der Waals surface area contributed by atoms with Crippen molar-refractivity contribution in [2.24, 2.45) is 4.99 Å². The minimum absolute atomic E-state index is 0.371. The van der Waals surface area contributed by atoms with E-state index < -0.39 is 6.10 Å². The third-order valence-electron chi connectivity index (χ3n) is 2.48. The molecular formula is C14H24N2O4S4. The van der Waals surface area contributed by atoms with Gasteiger partial charge in [0.25, 0.3) is 0 Å². The number of nitrogens with zero attached hydrogens (tertiary/aromatic N) is 2. The Morgan fingerprint density at radius 2 is 1.83 bits per heavy atom. The molecule has 2 atom stereocenters. The molecule has 0 spiro atoms. The third kappa shape index (κ3) is 10.9. The number of hydrogen-bond acceptors (Lipinski definition) is 10. The molecule has 1 aliphatic rings. The highest BCUT2D eigenvalue weighted by Crippen LogP contribution is 2.22. The number of aliphatic hydroxyl groups excluding tert-OH is 2. The summed E-state index contributed by atoms with van der Waals surface area (Å²) in [5.41, 5.74) is 0. The van der Waals surface area contributed by atoms with Gasteiger partial charge in [0.15, 0.2) is 0 Å². The molecule has 24 heavy (non-hydrogen) atoms. The van der Waals surface area contributed by atoms with Crippen LogP contribution < -0.4 is 0 Å². The van der Waals surface area contributed by atoms with Gasteiger partial charge in [-0.15, -0.1) is 11.3 Å². The molecule has 0 fully saturated rings. The molecule has 0 amide bonds. The van der Waals surface area contributed by atoms with Crippen LogP contribution in [0.5, 0.6) is 0 Å². The second-order valence-corrected chi connectivity index (χ2v) is 9.15. The van der Waals surface area contributed by atoms with Gasteiger partial charge >= 0.3 is 0 Å². The summed E-state index contributed by atoms with van der Waals surface area (Å²) in [6.07, 6.45) is 0.989. The predicted octanol–water partition coefficient (Wildman–Crippen LogP) is 2.07. The molecule has 6 nitrogen and oxygen atoms in total. The van der Waals surface area contributed by atoms with Gasteiger partial charge < -0.3 is 19.7 Å². The number of thiazole rings is 1. The second-order valence-electron chi connectivity index (χ2n) is 4.63. The van der Waals surface area contributed by atoms with Gasteiger partial charge in [-0.2, -0.15) is 0 Å². The lowest BCUT2D eigenvalue weighted by atomic mass is 10.4. The highest BCUT2D eigenvalue weighted by molar-refractivity contribution is 8.39. The number of hydrogen-bond donors (Lipinski definition) is 2. The van der Waals surface area contributed by atoms with E-state index in [2.05, 4.69) is 9.98 Å². The van der Waals surface area contributed by atoms with E-state index >= 15 is 0 Å². The molecule has 0 bridgehead atoms. The molecule has 0 aliphatic carbocycles. The van der Waals surface area contributed by atoms with Crippen molar-refractivity contribution in [3.63, 3.8) is 0 Å². The lowest BCUT2D eigenvalue weighted by Crippen LogP contribution is -2.17. The standard InChI is InChI=1S/C7H13NO2S2.C7H11NO2S2/c2*1-10-4-6(9)5-12-7-8-2-3-11-7/h6,9H,2-5H2,1H3;2-3,6,9H,4-5H2,1H3. The second kappa shape index (κ2) is 14.4. The Bertz CT molecular complexity index is 448. The predicted molar refractivity (Wildman–Crippen MR) is 106 cm³/mol. The Morgan fingerprint density at radius 1 is 1.17 bits per heavy atom. The first kappa shape index (κ1) is 22.2. The van der Waals surface area contributed by atoms with Crippen LogP contribution in [0.3, 0.4) is 0 Å². The molecule has 0 saturated carbocycles. The lowest BCUT2D eigenvalue weighted by molar-refractivity contribution is 0.0793. The van der Waals surface area contributed by atoms with Crippen LogP contribution in [-0.2, 0) is 9.47 Å². The number of rotatable bonds is 9. The molecule has 138 valence electrons. The van der Waals surface area contributed by atoms with Crippen LogP contribution in [0, 0.1) is 0 Å². The molecule has 2 N–H and O–H groups in total. The first-order valence-electron chi connectivity index (χ1n) is 7.32. The van der Waals surface area contributed by atoms with Crippen LogP contribution in [0.1, 0.15) is 0 Å². The average Bonchev–Trinajstić information content (AvgIpc) is 3.26.